The van der Waals surface area contributed by atoms with Crippen LogP contribution in [0.3, 0.4) is 0 Å². The van der Waals surface area contributed by atoms with Gasteiger partial charge in [-0.05, 0) is 30.2 Å². The number of piperazine rings is 1. The summed E-state index contributed by atoms with van der Waals surface area (Å²) in [6, 6.07) is 13.9. The van der Waals surface area contributed by atoms with Crippen molar-refractivity contribution in [3.8, 4) is 23.1 Å². The van der Waals surface area contributed by atoms with Gasteiger partial charge in [-0.15, -0.1) is 0 Å². The van der Waals surface area contributed by atoms with Crippen LogP contribution in [0.15, 0.2) is 67.1 Å². The fourth-order valence-corrected chi connectivity index (χ4v) is 4.29. The van der Waals surface area contributed by atoms with Gasteiger partial charge in [-0.1, -0.05) is 30.2 Å². The number of imidazole rings is 1. The molecule has 0 spiro atoms. The number of carbonyl (C=O) groups excluding carboxylic acids is 2. The molecule has 6 rings (SSSR count). The van der Waals surface area contributed by atoms with Gasteiger partial charge in [0.15, 0.2) is 17.5 Å². The zero-order valence-corrected chi connectivity index (χ0v) is 19.4. The fourth-order valence-electron chi connectivity index (χ4n) is 4.29. The van der Waals surface area contributed by atoms with Crippen molar-refractivity contribution in [2.24, 2.45) is 0 Å². The number of rotatable bonds is 3. The first-order chi connectivity index (χ1) is 17.6. The number of carbonyl (C=O) groups is 2. The van der Waals surface area contributed by atoms with Crippen molar-refractivity contribution in [1.29, 1.82) is 0 Å². The van der Waals surface area contributed by atoms with E-state index in [9.17, 15) is 9.59 Å². The molecule has 1 amide bonds. The summed E-state index contributed by atoms with van der Waals surface area (Å²) in [5.74, 6) is 5.93. The number of Topliss-reactive ketones (excluding diaryl/α,β-unsaturated/α-hetero) is 1. The number of hydrogen-bond donors (Lipinski definition) is 2. The Hall–Kier alpha value is -4.81. The Morgan fingerprint density at radius 1 is 1.06 bits per heavy atom. The third-order valence-electron chi connectivity index (χ3n) is 6.29. The van der Waals surface area contributed by atoms with Gasteiger partial charge < -0.3 is 9.88 Å². The van der Waals surface area contributed by atoms with E-state index in [1.807, 2.05) is 42.6 Å². The molecule has 0 bridgehead atoms. The van der Waals surface area contributed by atoms with Crippen LogP contribution >= 0.6 is 0 Å². The van der Waals surface area contributed by atoms with Gasteiger partial charge in [-0.2, -0.15) is 5.10 Å². The van der Waals surface area contributed by atoms with Crippen molar-refractivity contribution >= 4 is 28.4 Å². The Labute approximate surface area is 206 Å². The molecule has 1 fully saturated rings. The number of amides is 1. The minimum Gasteiger partial charge on any atom is -0.346 e. The lowest BCUT2D eigenvalue weighted by molar-refractivity contribution is -0.132. The molecule has 1 unspecified atom stereocenters. The van der Waals surface area contributed by atoms with E-state index in [1.165, 1.54) is 0 Å². The average Bonchev–Trinajstić information content (AvgIpc) is 3.56. The van der Waals surface area contributed by atoms with Crippen molar-refractivity contribution < 1.29 is 9.59 Å². The highest BCUT2D eigenvalue weighted by Crippen LogP contribution is 2.20. The quantitative estimate of drug-likeness (QED) is 0.236. The first-order valence-corrected chi connectivity index (χ1v) is 11.5. The van der Waals surface area contributed by atoms with Crippen LogP contribution in [0, 0.1) is 11.8 Å². The van der Waals surface area contributed by atoms with Gasteiger partial charge in [0.25, 0.3) is 0 Å². The molecule has 1 atom stereocenters. The summed E-state index contributed by atoms with van der Waals surface area (Å²) in [4.78, 5) is 38.6. The number of aromatic amines is 1. The summed E-state index contributed by atoms with van der Waals surface area (Å²) in [5, 5.41) is 8.71. The Morgan fingerprint density at radius 2 is 1.92 bits per heavy atom. The van der Waals surface area contributed by atoms with Crippen LogP contribution in [0.2, 0.25) is 0 Å². The van der Waals surface area contributed by atoms with Gasteiger partial charge in [0.1, 0.15) is 11.3 Å². The molecule has 5 aromatic rings. The summed E-state index contributed by atoms with van der Waals surface area (Å²) in [5.41, 5.74) is 5.02. The second kappa shape index (κ2) is 8.76. The van der Waals surface area contributed by atoms with Gasteiger partial charge in [-0.25, -0.2) is 14.5 Å². The standard InChI is InChI=1S/C27H21N7O2/c1-33-15-14-28-24(27(33)36)25(35)19-4-2-18(3-5-19)22-8-9-23-31-16-20(34(23)32-22)7-6-17-10-12-29-26-21(17)11-13-30-26/h2-5,8-13,16,24,28H,14-15H2,1H3,(H,29,30). The van der Waals surface area contributed by atoms with Crippen molar-refractivity contribution in [2.75, 3.05) is 20.1 Å². The predicted octanol–water partition coefficient (Wildman–Crippen LogP) is 2.29. The Morgan fingerprint density at radius 3 is 2.78 bits per heavy atom. The third kappa shape index (κ3) is 3.79. The molecule has 9 heteroatoms. The lowest BCUT2D eigenvalue weighted by Gasteiger charge is -2.29. The van der Waals surface area contributed by atoms with E-state index in [2.05, 4.69) is 32.1 Å². The number of aromatic nitrogens is 5. The Bertz CT molecular complexity index is 1690. The van der Waals surface area contributed by atoms with Gasteiger partial charge in [-0.3, -0.25) is 14.9 Å². The second-order valence-electron chi connectivity index (χ2n) is 8.57. The van der Waals surface area contributed by atoms with Crippen LogP contribution in [-0.2, 0) is 4.79 Å². The number of pyridine rings is 1. The lowest BCUT2D eigenvalue weighted by Crippen LogP contribution is -2.56. The molecule has 1 saturated heterocycles. The van der Waals surface area contributed by atoms with Gasteiger partial charge in [0, 0.05) is 54.6 Å². The number of ketones is 1. The van der Waals surface area contributed by atoms with E-state index in [-0.39, 0.29) is 11.7 Å². The molecular formula is C27H21N7O2. The number of likely N-dealkylation sites (N-methyl/N-ethyl adjacent to an activating group) is 1. The Kier molecular flexibility index (Phi) is 5.28. The van der Waals surface area contributed by atoms with Crippen molar-refractivity contribution in [1.82, 2.24) is 34.8 Å². The molecule has 0 radical (unpaired) electrons. The zero-order chi connectivity index (χ0) is 24.6. The van der Waals surface area contributed by atoms with E-state index in [0.29, 0.717) is 35.7 Å². The molecule has 5 heterocycles. The van der Waals surface area contributed by atoms with Crippen molar-refractivity contribution in [3.63, 3.8) is 0 Å². The first kappa shape index (κ1) is 21.7. The van der Waals surface area contributed by atoms with Crippen molar-refractivity contribution in [2.45, 2.75) is 6.04 Å². The largest absolute Gasteiger partial charge is 0.346 e. The van der Waals surface area contributed by atoms with Crippen LogP contribution in [-0.4, -0.2) is 67.3 Å². The maximum atomic E-state index is 12.9. The van der Waals surface area contributed by atoms with E-state index in [0.717, 1.165) is 22.2 Å². The van der Waals surface area contributed by atoms with Gasteiger partial charge >= 0.3 is 0 Å². The minimum absolute atomic E-state index is 0.208. The molecule has 1 aromatic carbocycles. The maximum Gasteiger partial charge on any atom is 0.247 e. The number of H-pyrrole nitrogens is 1. The first-order valence-electron chi connectivity index (χ1n) is 11.5. The topological polar surface area (TPSA) is 108 Å². The van der Waals surface area contributed by atoms with Crippen LogP contribution in [0.25, 0.3) is 27.9 Å². The van der Waals surface area contributed by atoms with Gasteiger partial charge in [0.05, 0.1) is 11.9 Å². The molecule has 0 aliphatic carbocycles. The van der Waals surface area contributed by atoms with Gasteiger partial charge in [0.2, 0.25) is 5.91 Å². The van der Waals surface area contributed by atoms with E-state index >= 15 is 0 Å². The molecule has 2 N–H and O–H groups in total. The van der Waals surface area contributed by atoms with Crippen molar-refractivity contribution in [3.05, 3.63) is 83.9 Å². The van der Waals surface area contributed by atoms with Crippen LogP contribution in [0.5, 0.6) is 0 Å². The normalized spacial score (nSPS) is 15.8. The van der Waals surface area contributed by atoms with Crippen LogP contribution in [0.4, 0.5) is 0 Å². The fraction of sp³-hybridized carbons (Fsp3) is 0.148. The molecule has 9 nitrogen and oxygen atoms in total. The number of nitrogens with zero attached hydrogens (tertiary/aromatic N) is 5. The monoisotopic (exact) mass is 475 g/mol. The number of benzene rings is 1. The summed E-state index contributed by atoms with van der Waals surface area (Å²) in [6.45, 7) is 1.18. The van der Waals surface area contributed by atoms with E-state index in [4.69, 9.17) is 5.10 Å². The van der Waals surface area contributed by atoms with E-state index in [1.54, 1.807) is 41.0 Å². The highest BCUT2D eigenvalue weighted by Gasteiger charge is 2.32. The minimum atomic E-state index is -0.843. The summed E-state index contributed by atoms with van der Waals surface area (Å²) >= 11 is 0. The highest BCUT2D eigenvalue weighted by molar-refractivity contribution is 6.13. The van der Waals surface area contributed by atoms with Crippen LogP contribution in [0.1, 0.15) is 21.6 Å². The molecule has 36 heavy (non-hydrogen) atoms. The maximum absolute atomic E-state index is 12.9. The summed E-state index contributed by atoms with van der Waals surface area (Å²) in [7, 11) is 1.71. The zero-order valence-electron chi connectivity index (χ0n) is 19.4. The number of hydrogen-bond acceptors (Lipinski definition) is 6. The molecular weight excluding hydrogens is 454 g/mol. The lowest BCUT2D eigenvalue weighted by atomic mass is 10.00. The predicted molar refractivity (Wildman–Crippen MR) is 134 cm³/mol. The molecule has 4 aromatic heterocycles. The molecule has 176 valence electrons. The molecule has 1 aliphatic heterocycles. The van der Waals surface area contributed by atoms with Crippen LogP contribution < -0.4 is 5.32 Å². The summed E-state index contributed by atoms with van der Waals surface area (Å²) < 4.78 is 1.71. The average molecular weight is 476 g/mol. The summed E-state index contributed by atoms with van der Waals surface area (Å²) in [6.07, 6.45) is 5.26. The second-order valence-corrected chi connectivity index (χ2v) is 8.57. The SMILES string of the molecule is CN1CCNC(C(=O)c2ccc(-c3ccc4ncc(C#Cc5ccnc6[nH]ccc56)n4n3)cc2)C1=O. The molecule has 1 aliphatic rings. The smallest absolute Gasteiger partial charge is 0.247 e. The Balaban J connectivity index is 1.29. The third-order valence-corrected chi connectivity index (χ3v) is 6.29. The molecule has 0 saturated carbocycles. The number of nitrogens with one attached hydrogen (secondary N) is 2. The number of fused-ring (bicyclic) bond motifs is 2. The highest BCUT2D eigenvalue weighted by atomic mass is 16.2. The van der Waals surface area contributed by atoms with E-state index < -0.39 is 6.04 Å².